The molecule has 4 heteroatoms. The standard InChI is InChI=1S/C14H20N2O2/c1-14(2)11-16(8-9-18-14)13(17)15-10-12-6-4-3-5-7-12/h3-7H,8-11H2,1-2H3,(H,15,17). The first-order chi connectivity index (χ1) is 8.57. The molecule has 18 heavy (non-hydrogen) atoms. The first kappa shape index (κ1) is 12.9. The van der Waals surface area contributed by atoms with Crippen molar-refractivity contribution < 1.29 is 9.53 Å². The van der Waals surface area contributed by atoms with Crippen molar-refractivity contribution in [1.29, 1.82) is 0 Å². The van der Waals surface area contributed by atoms with Gasteiger partial charge in [-0.3, -0.25) is 0 Å². The van der Waals surface area contributed by atoms with Crippen LogP contribution in [-0.2, 0) is 11.3 Å². The molecule has 0 atom stereocenters. The maximum atomic E-state index is 12.0. The van der Waals surface area contributed by atoms with Gasteiger partial charge in [0.1, 0.15) is 0 Å². The summed E-state index contributed by atoms with van der Waals surface area (Å²) in [6, 6.07) is 9.90. The monoisotopic (exact) mass is 248 g/mol. The molecule has 2 rings (SSSR count). The van der Waals surface area contributed by atoms with Crippen LogP contribution in [0.25, 0.3) is 0 Å². The number of amides is 2. The van der Waals surface area contributed by atoms with E-state index in [2.05, 4.69) is 5.32 Å². The zero-order valence-electron chi connectivity index (χ0n) is 11.0. The molecule has 0 aromatic heterocycles. The number of morpholine rings is 1. The number of carbonyl (C=O) groups excluding carboxylic acids is 1. The number of benzene rings is 1. The van der Waals surface area contributed by atoms with E-state index in [4.69, 9.17) is 4.74 Å². The number of nitrogens with one attached hydrogen (secondary N) is 1. The van der Waals surface area contributed by atoms with Crippen molar-refractivity contribution >= 4 is 6.03 Å². The smallest absolute Gasteiger partial charge is 0.317 e. The lowest BCUT2D eigenvalue weighted by Crippen LogP contribution is -2.53. The summed E-state index contributed by atoms with van der Waals surface area (Å²) in [7, 11) is 0. The molecular weight excluding hydrogens is 228 g/mol. The van der Waals surface area contributed by atoms with Crippen LogP contribution in [0.2, 0.25) is 0 Å². The Morgan fingerprint density at radius 3 is 2.78 bits per heavy atom. The first-order valence-corrected chi connectivity index (χ1v) is 6.27. The van der Waals surface area contributed by atoms with E-state index < -0.39 is 0 Å². The Labute approximate surface area is 108 Å². The van der Waals surface area contributed by atoms with E-state index in [1.807, 2.05) is 49.1 Å². The number of urea groups is 1. The topological polar surface area (TPSA) is 41.6 Å². The molecule has 0 unspecified atom stereocenters. The van der Waals surface area contributed by atoms with Crippen LogP contribution in [0.4, 0.5) is 4.79 Å². The Hall–Kier alpha value is -1.55. The summed E-state index contributed by atoms with van der Waals surface area (Å²) in [6.45, 7) is 6.47. The molecule has 0 saturated carbocycles. The van der Waals surface area contributed by atoms with E-state index in [0.717, 1.165) is 5.56 Å². The van der Waals surface area contributed by atoms with Gasteiger partial charge in [0.05, 0.1) is 18.8 Å². The highest BCUT2D eigenvalue weighted by Crippen LogP contribution is 2.16. The number of ether oxygens (including phenoxy) is 1. The van der Waals surface area contributed by atoms with Crippen LogP contribution in [-0.4, -0.2) is 36.2 Å². The van der Waals surface area contributed by atoms with Gasteiger partial charge in [-0.2, -0.15) is 0 Å². The van der Waals surface area contributed by atoms with Crippen LogP contribution in [0.3, 0.4) is 0 Å². The average molecular weight is 248 g/mol. The third-order valence-corrected chi connectivity index (χ3v) is 3.00. The molecule has 4 nitrogen and oxygen atoms in total. The van der Waals surface area contributed by atoms with Crippen molar-refractivity contribution in [3.63, 3.8) is 0 Å². The second-order valence-corrected chi connectivity index (χ2v) is 5.17. The molecule has 1 heterocycles. The van der Waals surface area contributed by atoms with Gasteiger partial charge in [-0.25, -0.2) is 4.79 Å². The van der Waals surface area contributed by atoms with E-state index in [0.29, 0.717) is 26.2 Å². The molecule has 1 fully saturated rings. The molecule has 1 aromatic rings. The lowest BCUT2D eigenvalue weighted by molar-refractivity contribution is -0.0733. The second kappa shape index (κ2) is 5.40. The van der Waals surface area contributed by atoms with Gasteiger partial charge in [-0.05, 0) is 19.4 Å². The summed E-state index contributed by atoms with van der Waals surface area (Å²) in [5.41, 5.74) is 0.862. The lowest BCUT2D eigenvalue weighted by atomic mass is 10.1. The minimum Gasteiger partial charge on any atom is -0.372 e. The van der Waals surface area contributed by atoms with Crippen LogP contribution in [0.15, 0.2) is 30.3 Å². The van der Waals surface area contributed by atoms with Gasteiger partial charge in [-0.1, -0.05) is 30.3 Å². The van der Waals surface area contributed by atoms with E-state index in [9.17, 15) is 4.79 Å². The van der Waals surface area contributed by atoms with Gasteiger partial charge in [0, 0.05) is 13.1 Å². The number of carbonyl (C=O) groups is 1. The number of hydrogen-bond donors (Lipinski definition) is 1. The molecule has 98 valence electrons. The lowest BCUT2D eigenvalue weighted by Gasteiger charge is -2.38. The molecule has 0 bridgehead atoms. The minimum atomic E-state index is -0.248. The Kier molecular flexibility index (Phi) is 3.87. The molecule has 1 aliphatic heterocycles. The predicted octanol–water partition coefficient (Wildman–Crippen LogP) is 2.01. The average Bonchev–Trinajstić information content (AvgIpc) is 2.36. The molecule has 0 aliphatic carbocycles. The Bertz CT molecular complexity index is 404. The predicted molar refractivity (Wildman–Crippen MR) is 70.3 cm³/mol. The number of nitrogens with zero attached hydrogens (tertiary/aromatic N) is 1. The maximum absolute atomic E-state index is 12.0. The Morgan fingerprint density at radius 2 is 2.11 bits per heavy atom. The quantitative estimate of drug-likeness (QED) is 0.870. The molecule has 2 amide bonds. The highest BCUT2D eigenvalue weighted by Gasteiger charge is 2.29. The molecule has 0 spiro atoms. The fourth-order valence-corrected chi connectivity index (χ4v) is 2.08. The van der Waals surface area contributed by atoms with Gasteiger partial charge >= 0.3 is 6.03 Å². The van der Waals surface area contributed by atoms with Crippen LogP contribution in [0, 0.1) is 0 Å². The van der Waals surface area contributed by atoms with Crippen LogP contribution in [0.1, 0.15) is 19.4 Å². The van der Waals surface area contributed by atoms with E-state index in [1.54, 1.807) is 0 Å². The SMILES string of the molecule is CC1(C)CN(C(=O)NCc2ccccc2)CCO1. The van der Waals surface area contributed by atoms with Crippen molar-refractivity contribution in [3.05, 3.63) is 35.9 Å². The van der Waals surface area contributed by atoms with Crippen molar-refractivity contribution in [2.24, 2.45) is 0 Å². The van der Waals surface area contributed by atoms with Crippen molar-refractivity contribution in [1.82, 2.24) is 10.2 Å². The maximum Gasteiger partial charge on any atom is 0.317 e. The molecular formula is C14H20N2O2. The van der Waals surface area contributed by atoms with E-state index in [-0.39, 0.29) is 11.6 Å². The van der Waals surface area contributed by atoms with E-state index >= 15 is 0 Å². The third kappa shape index (κ3) is 3.47. The van der Waals surface area contributed by atoms with Gasteiger partial charge in [0.2, 0.25) is 0 Å². The van der Waals surface area contributed by atoms with Crippen molar-refractivity contribution in [2.75, 3.05) is 19.7 Å². The van der Waals surface area contributed by atoms with Gasteiger partial charge in [0.15, 0.2) is 0 Å². The largest absolute Gasteiger partial charge is 0.372 e. The summed E-state index contributed by atoms with van der Waals surface area (Å²) < 4.78 is 5.59. The molecule has 1 N–H and O–H groups in total. The Balaban J connectivity index is 1.85. The highest BCUT2D eigenvalue weighted by atomic mass is 16.5. The van der Waals surface area contributed by atoms with E-state index in [1.165, 1.54) is 0 Å². The summed E-state index contributed by atoms with van der Waals surface area (Å²) in [5, 5.41) is 2.94. The van der Waals surface area contributed by atoms with Crippen molar-refractivity contribution in [2.45, 2.75) is 26.0 Å². The number of rotatable bonds is 2. The number of hydrogen-bond acceptors (Lipinski definition) is 2. The second-order valence-electron chi connectivity index (χ2n) is 5.17. The fourth-order valence-electron chi connectivity index (χ4n) is 2.08. The summed E-state index contributed by atoms with van der Waals surface area (Å²) in [5.74, 6) is 0. The summed E-state index contributed by atoms with van der Waals surface area (Å²) in [6.07, 6.45) is 0. The summed E-state index contributed by atoms with van der Waals surface area (Å²) in [4.78, 5) is 13.8. The zero-order chi connectivity index (χ0) is 13.0. The van der Waals surface area contributed by atoms with Gasteiger partial charge in [0.25, 0.3) is 0 Å². The van der Waals surface area contributed by atoms with Gasteiger partial charge < -0.3 is 15.0 Å². The fraction of sp³-hybridized carbons (Fsp3) is 0.500. The van der Waals surface area contributed by atoms with Crippen molar-refractivity contribution in [3.8, 4) is 0 Å². The molecule has 0 radical (unpaired) electrons. The highest BCUT2D eigenvalue weighted by molar-refractivity contribution is 5.74. The first-order valence-electron chi connectivity index (χ1n) is 6.27. The summed E-state index contributed by atoms with van der Waals surface area (Å²) >= 11 is 0. The molecule has 1 aromatic carbocycles. The van der Waals surface area contributed by atoms with Crippen LogP contribution >= 0.6 is 0 Å². The van der Waals surface area contributed by atoms with Gasteiger partial charge in [-0.15, -0.1) is 0 Å². The minimum absolute atomic E-state index is 0.0183. The Morgan fingerprint density at radius 1 is 1.39 bits per heavy atom. The zero-order valence-corrected chi connectivity index (χ0v) is 11.0. The third-order valence-electron chi connectivity index (χ3n) is 3.00. The van der Waals surface area contributed by atoms with Crippen LogP contribution < -0.4 is 5.32 Å². The van der Waals surface area contributed by atoms with Crippen LogP contribution in [0.5, 0.6) is 0 Å². The normalized spacial score (nSPS) is 18.4. The molecule has 1 saturated heterocycles. The molecule has 1 aliphatic rings.